The van der Waals surface area contributed by atoms with Gasteiger partial charge in [-0.15, -0.1) is 5.10 Å². The Hall–Kier alpha value is -2.89. The van der Waals surface area contributed by atoms with Crippen LogP contribution in [0.5, 0.6) is 0 Å². The molecule has 0 saturated carbocycles. The van der Waals surface area contributed by atoms with E-state index < -0.39 is 24.7 Å². The molecule has 0 aromatic carbocycles. The molecule has 3 aromatic heterocycles. The number of fused-ring (bicyclic) bond motifs is 1. The average Bonchev–Trinajstić information content (AvgIpc) is 3.42. The van der Waals surface area contributed by atoms with Crippen LogP contribution in [0.3, 0.4) is 0 Å². The molecule has 2 N–H and O–H groups in total. The highest BCUT2D eigenvalue weighted by molar-refractivity contribution is 5.85. The number of hydrogen-bond donors (Lipinski definition) is 2. The van der Waals surface area contributed by atoms with Crippen LogP contribution in [0.4, 0.5) is 24.8 Å². The third kappa shape index (κ3) is 3.37. The van der Waals surface area contributed by atoms with Gasteiger partial charge in [0.05, 0.1) is 25.4 Å². The lowest BCUT2D eigenvalue weighted by Gasteiger charge is -2.26. The SMILES string of the molecule is F[C@@H]1COCC[C@@H]1Nc1nc2c(N3CCC(F)(F)C3)c(-c3cn[nH]c3)ncn2n1. The molecule has 2 aliphatic heterocycles. The van der Waals surface area contributed by atoms with Gasteiger partial charge in [0.1, 0.15) is 23.9 Å². The fourth-order valence-electron chi connectivity index (χ4n) is 3.75. The Balaban J connectivity index is 1.56. The molecule has 2 aliphatic rings. The number of nitrogens with zero attached hydrogens (tertiary/aromatic N) is 6. The fraction of sp³-hybridized carbons (Fsp3) is 0.529. The zero-order valence-electron chi connectivity index (χ0n) is 15.4. The maximum absolute atomic E-state index is 14.1. The first-order valence-corrected chi connectivity index (χ1v) is 9.36. The van der Waals surface area contributed by atoms with E-state index in [0.29, 0.717) is 35.6 Å². The number of ether oxygens (including phenoxy) is 1. The van der Waals surface area contributed by atoms with Crippen LogP contribution in [-0.2, 0) is 4.74 Å². The van der Waals surface area contributed by atoms with Crippen LogP contribution in [0.2, 0.25) is 0 Å². The van der Waals surface area contributed by atoms with Gasteiger partial charge in [-0.2, -0.15) is 14.6 Å². The quantitative estimate of drug-likeness (QED) is 0.681. The minimum atomic E-state index is -2.79. The van der Waals surface area contributed by atoms with E-state index in [2.05, 4.69) is 30.6 Å². The molecule has 29 heavy (non-hydrogen) atoms. The molecular weight excluding hydrogens is 389 g/mol. The molecule has 3 aromatic rings. The van der Waals surface area contributed by atoms with Crippen molar-refractivity contribution in [3.8, 4) is 11.3 Å². The fourth-order valence-corrected chi connectivity index (χ4v) is 3.75. The summed E-state index contributed by atoms with van der Waals surface area (Å²) in [7, 11) is 0. The van der Waals surface area contributed by atoms with Crippen molar-refractivity contribution in [1.29, 1.82) is 0 Å². The van der Waals surface area contributed by atoms with Gasteiger partial charge in [-0.05, 0) is 6.42 Å². The van der Waals surface area contributed by atoms with Gasteiger partial charge in [0, 0.05) is 31.3 Å². The van der Waals surface area contributed by atoms with Gasteiger partial charge in [0.25, 0.3) is 5.92 Å². The van der Waals surface area contributed by atoms with E-state index in [1.165, 1.54) is 10.8 Å². The van der Waals surface area contributed by atoms with Crippen molar-refractivity contribution in [2.45, 2.75) is 31.0 Å². The molecule has 0 bridgehead atoms. The summed E-state index contributed by atoms with van der Waals surface area (Å²) in [5.74, 6) is -2.57. The van der Waals surface area contributed by atoms with Gasteiger partial charge in [0.15, 0.2) is 5.65 Å². The summed E-state index contributed by atoms with van der Waals surface area (Å²) in [6, 6.07) is -0.470. The number of alkyl halides is 3. The van der Waals surface area contributed by atoms with Crippen molar-refractivity contribution in [1.82, 2.24) is 29.8 Å². The Morgan fingerprint density at radius 3 is 2.97 bits per heavy atom. The summed E-state index contributed by atoms with van der Waals surface area (Å²) in [4.78, 5) is 10.5. The molecule has 9 nitrogen and oxygen atoms in total. The number of anilines is 2. The number of H-pyrrole nitrogens is 1. The number of rotatable bonds is 4. The van der Waals surface area contributed by atoms with Gasteiger partial charge in [-0.3, -0.25) is 5.10 Å². The first-order valence-electron chi connectivity index (χ1n) is 9.36. The van der Waals surface area contributed by atoms with E-state index in [1.54, 1.807) is 17.3 Å². The Kier molecular flexibility index (Phi) is 4.30. The smallest absolute Gasteiger partial charge is 0.266 e. The van der Waals surface area contributed by atoms with E-state index >= 15 is 0 Å². The molecule has 5 rings (SSSR count). The predicted octanol–water partition coefficient (Wildman–Crippen LogP) is 1.90. The Morgan fingerprint density at radius 1 is 1.34 bits per heavy atom. The van der Waals surface area contributed by atoms with Crippen molar-refractivity contribution in [2.24, 2.45) is 0 Å². The summed E-state index contributed by atoms with van der Waals surface area (Å²) in [5, 5.41) is 14.0. The summed E-state index contributed by atoms with van der Waals surface area (Å²) in [6.45, 7) is 0.208. The number of aromatic amines is 1. The molecule has 0 unspecified atom stereocenters. The van der Waals surface area contributed by atoms with Gasteiger partial charge >= 0.3 is 0 Å². The minimum Gasteiger partial charge on any atom is -0.378 e. The van der Waals surface area contributed by atoms with E-state index in [4.69, 9.17) is 4.74 Å². The Bertz CT molecular complexity index is 1010. The first kappa shape index (κ1) is 18.2. The van der Waals surface area contributed by atoms with Crippen molar-refractivity contribution in [3.05, 3.63) is 18.7 Å². The van der Waals surface area contributed by atoms with E-state index in [0.717, 1.165) is 0 Å². The van der Waals surface area contributed by atoms with Crippen LogP contribution in [0, 0.1) is 0 Å². The summed E-state index contributed by atoms with van der Waals surface area (Å²) < 4.78 is 48.5. The highest BCUT2D eigenvalue weighted by atomic mass is 19.3. The van der Waals surface area contributed by atoms with Crippen molar-refractivity contribution in [3.63, 3.8) is 0 Å². The predicted molar refractivity (Wildman–Crippen MR) is 97.9 cm³/mol. The third-order valence-corrected chi connectivity index (χ3v) is 5.22. The Labute approximate surface area is 163 Å². The second-order valence-electron chi connectivity index (χ2n) is 7.29. The van der Waals surface area contributed by atoms with Crippen LogP contribution in [0.25, 0.3) is 16.9 Å². The maximum atomic E-state index is 14.1. The molecule has 5 heterocycles. The van der Waals surface area contributed by atoms with Crippen LogP contribution >= 0.6 is 0 Å². The summed E-state index contributed by atoms with van der Waals surface area (Å²) in [6.07, 6.45) is 3.74. The third-order valence-electron chi connectivity index (χ3n) is 5.22. The number of hydrogen-bond acceptors (Lipinski definition) is 7. The van der Waals surface area contributed by atoms with Gasteiger partial charge < -0.3 is 15.0 Å². The lowest BCUT2D eigenvalue weighted by Crippen LogP contribution is -2.39. The highest BCUT2D eigenvalue weighted by Crippen LogP contribution is 2.38. The first-order chi connectivity index (χ1) is 14.0. The monoisotopic (exact) mass is 408 g/mol. The minimum absolute atomic E-state index is 0.0192. The zero-order valence-corrected chi connectivity index (χ0v) is 15.4. The number of nitrogens with one attached hydrogen (secondary N) is 2. The van der Waals surface area contributed by atoms with Gasteiger partial charge in [-0.1, -0.05) is 0 Å². The molecule has 2 saturated heterocycles. The van der Waals surface area contributed by atoms with Gasteiger partial charge in [0.2, 0.25) is 5.95 Å². The topological polar surface area (TPSA) is 96.3 Å². The summed E-state index contributed by atoms with van der Waals surface area (Å²) >= 11 is 0. The lowest BCUT2D eigenvalue weighted by molar-refractivity contribution is 0.0257. The van der Waals surface area contributed by atoms with Gasteiger partial charge in [-0.25, -0.2) is 18.2 Å². The largest absolute Gasteiger partial charge is 0.378 e. The highest BCUT2D eigenvalue weighted by Gasteiger charge is 2.40. The van der Waals surface area contributed by atoms with Crippen LogP contribution in [-0.4, -0.2) is 74.2 Å². The molecular formula is C17H19F3N8O. The zero-order chi connectivity index (χ0) is 20.0. The van der Waals surface area contributed by atoms with Crippen LogP contribution < -0.4 is 10.2 Å². The van der Waals surface area contributed by atoms with E-state index in [9.17, 15) is 13.2 Å². The summed E-state index contributed by atoms with van der Waals surface area (Å²) in [5.41, 5.74) is 1.97. The Morgan fingerprint density at radius 2 is 2.24 bits per heavy atom. The van der Waals surface area contributed by atoms with E-state index in [-0.39, 0.29) is 25.5 Å². The van der Waals surface area contributed by atoms with Crippen molar-refractivity contribution in [2.75, 3.05) is 36.5 Å². The normalized spacial score (nSPS) is 24.3. The molecule has 0 radical (unpaired) electrons. The molecule has 0 spiro atoms. The van der Waals surface area contributed by atoms with E-state index in [1.807, 2.05) is 0 Å². The molecule has 0 amide bonds. The van der Waals surface area contributed by atoms with Crippen molar-refractivity contribution < 1.29 is 17.9 Å². The number of aromatic nitrogens is 6. The number of halogens is 3. The average molecular weight is 408 g/mol. The standard InChI is InChI=1S/C17H19F3N8O/c18-11-7-29-4-1-12(11)24-16-25-15-14(27-3-2-17(19,20)8-27)13(10-5-22-23-6-10)21-9-28(15)26-16/h5-6,9,11-12H,1-4,7-8H2,(H,22,23)(H,24,26)/t11-,12+/m1/s1. The second kappa shape index (κ2) is 6.87. The lowest BCUT2D eigenvalue weighted by atomic mass is 10.1. The molecule has 0 aliphatic carbocycles. The second-order valence-corrected chi connectivity index (χ2v) is 7.29. The molecule has 2 fully saturated rings. The maximum Gasteiger partial charge on any atom is 0.266 e. The molecule has 154 valence electrons. The molecule has 12 heteroatoms. The van der Waals surface area contributed by atoms with Crippen molar-refractivity contribution >= 4 is 17.3 Å². The molecule has 2 atom stereocenters. The van der Waals surface area contributed by atoms with Crippen LogP contribution in [0.1, 0.15) is 12.8 Å². The van der Waals surface area contributed by atoms with Crippen LogP contribution in [0.15, 0.2) is 18.7 Å².